The van der Waals surface area contributed by atoms with Crippen molar-refractivity contribution >= 4 is 23.0 Å². The number of nitro groups is 1. The Bertz CT molecular complexity index is 690. The Morgan fingerprint density at radius 3 is 2.70 bits per heavy atom. The highest BCUT2D eigenvalue weighted by molar-refractivity contribution is 6.03. The van der Waals surface area contributed by atoms with Gasteiger partial charge >= 0.3 is 0 Å². The van der Waals surface area contributed by atoms with Crippen LogP contribution in [0.1, 0.15) is 10.5 Å². The fraction of sp³-hybridized carbons (Fsp3) is 0. The third-order valence-corrected chi connectivity index (χ3v) is 2.43. The second-order valence-corrected chi connectivity index (χ2v) is 3.85. The number of nitrogen functional groups attached to an aromatic ring is 1. The Balaban J connectivity index is 2.22. The average Bonchev–Trinajstić information content (AvgIpc) is 2.40. The zero-order valence-electron chi connectivity index (χ0n) is 10.0. The van der Waals surface area contributed by atoms with Crippen LogP contribution in [0.5, 0.6) is 0 Å². The van der Waals surface area contributed by atoms with E-state index in [9.17, 15) is 19.3 Å². The minimum absolute atomic E-state index is 0.0164. The lowest BCUT2D eigenvalue weighted by atomic mass is 10.2. The molecule has 0 unspecified atom stereocenters. The average molecular weight is 276 g/mol. The van der Waals surface area contributed by atoms with Crippen LogP contribution in [-0.4, -0.2) is 15.8 Å². The number of hydrogen-bond acceptors (Lipinski definition) is 5. The third kappa shape index (κ3) is 2.86. The maximum absolute atomic E-state index is 13.6. The fourth-order valence-electron chi connectivity index (χ4n) is 1.48. The van der Waals surface area contributed by atoms with Crippen molar-refractivity contribution in [2.75, 3.05) is 11.1 Å². The molecule has 0 atom stereocenters. The molecule has 8 heteroatoms. The molecule has 1 heterocycles. The van der Waals surface area contributed by atoms with Gasteiger partial charge in [0.25, 0.3) is 11.6 Å². The summed E-state index contributed by atoms with van der Waals surface area (Å²) in [6.07, 6.45) is 1.34. The Hall–Kier alpha value is -3.03. The highest BCUT2D eigenvalue weighted by Crippen LogP contribution is 2.21. The number of nitrogens with one attached hydrogen (secondary N) is 1. The maximum atomic E-state index is 13.6. The highest BCUT2D eigenvalue weighted by atomic mass is 19.1. The van der Waals surface area contributed by atoms with Gasteiger partial charge in [-0.1, -0.05) is 0 Å². The molecule has 0 aliphatic carbocycles. The van der Waals surface area contributed by atoms with Gasteiger partial charge in [-0.2, -0.15) is 0 Å². The predicted octanol–water partition coefficient (Wildman–Crippen LogP) is 1.96. The molecular formula is C12H9FN4O3. The summed E-state index contributed by atoms with van der Waals surface area (Å²) >= 11 is 0. The van der Waals surface area contributed by atoms with Gasteiger partial charge in [0.05, 0.1) is 16.7 Å². The fourth-order valence-corrected chi connectivity index (χ4v) is 1.48. The molecule has 0 spiro atoms. The zero-order valence-corrected chi connectivity index (χ0v) is 10.0. The van der Waals surface area contributed by atoms with E-state index in [1.165, 1.54) is 18.3 Å². The summed E-state index contributed by atoms with van der Waals surface area (Å²) in [5, 5.41) is 12.7. The Morgan fingerprint density at radius 1 is 1.35 bits per heavy atom. The van der Waals surface area contributed by atoms with E-state index in [1.54, 1.807) is 0 Å². The van der Waals surface area contributed by atoms with E-state index in [0.717, 1.165) is 18.2 Å². The van der Waals surface area contributed by atoms with Crippen molar-refractivity contribution in [2.24, 2.45) is 0 Å². The molecule has 20 heavy (non-hydrogen) atoms. The number of pyridine rings is 1. The highest BCUT2D eigenvalue weighted by Gasteiger charge is 2.14. The summed E-state index contributed by atoms with van der Waals surface area (Å²) in [6.45, 7) is 0. The number of benzene rings is 1. The first-order valence-electron chi connectivity index (χ1n) is 5.44. The molecule has 0 bridgehead atoms. The number of nitrogens with two attached hydrogens (primary N) is 1. The van der Waals surface area contributed by atoms with E-state index in [2.05, 4.69) is 10.3 Å². The maximum Gasteiger partial charge on any atom is 0.274 e. The second-order valence-electron chi connectivity index (χ2n) is 3.85. The van der Waals surface area contributed by atoms with Crippen LogP contribution in [0, 0.1) is 15.9 Å². The van der Waals surface area contributed by atoms with E-state index in [0.29, 0.717) is 5.69 Å². The van der Waals surface area contributed by atoms with Gasteiger partial charge in [0.1, 0.15) is 5.69 Å². The minimum atomic E-state index is -0.906. The standard InChI is InChI=1S/C12H9FN4O3/c13-9-6-8(17(19)20)1-2-10(9)16-12(18)11-5-7(14)3-4-15-11/h1-6H,(H2,14,15)(H,16,18). The van der Waals surface area contributed by atoms with Crippen LogP contribution in [-0.2, 0) is 0 Å². The van der Waals surface area contributed by atoms with Gasteiger partial charge in [0.15, 0.2) is 5.82 Å². The van der Waals surface area contributed by atoms with Crippen molar-refractivity contribution in [3.8, 4) is 0 Å². The Kier molecular flexibility index (Phi) is 3.56. The number of hydrogen-bond donors (Lipinski definition) is 2. The molecule has 1 amide bonds. The molecule has 1 aromatic carbocycles. The number of halogens is 1. The number of nitro benzene ring substituents is 1. The summed E-state index contributed by atoms with van der Waals surface area (Å²) in [7, 11) is 0. The molecular weight excluding hydrogens is 267 g/mol. The van der Waals surface area contributed by atoms with Crippen molar-refractivity contribution < 1.29 is 14.1 Å². The first-order valence-corrected chi connectivity index (χ1v) is 5.44. The van der Waals surface area contributed by atoms with Crippen LogP contribution in [0.15, 0.2) is 36.5 Å². The van der Waals surface area contributed by atoms with Crippen LogP contribution in [0.3, 0.4) is 0 Å². The molecule has 2 rings (SSSR count). The number of nitrogens with zero attached hydrogens (tertiary/aromatic N) is 2. The molecule has 3 N–H and O–H groups in total. The van der Waals surface area contributed by atoms with Gasteiger partial charge in [-0.15, -0.1) is 0 Å². The molecule has 0 fully saturated rings. The molecule has 2 aromatic rings. The van der Waals surface area contributed by atoms with Gasteiger partial charge in [-0.3, -0.25) is 19.9 Å². The number of rotatable bonds is 3. The monoisotopic (exact) mass is 276 g/mol. The summed E-state index contributed by atoms with van der Waals surface area (Å²) in [5.74, 6) is -1.57. The molecule has 0 aliphatic heterocycles. The predicted molar refractivity (Wildman–Crippen MR) is 69.7 cm³/mol. The number of aromatic nitrogens is 1. The zero-order chi connectivity index (χ0) is 14.7. The molecule has 0 aliphatic rings. The van der Waals surface area contributed by atoms with Crippen LogP contribution < -0.4 is 11.1 Å². The van der Waals surface area contributed by atoms with E-state index < -0.39 is 22.3 Å². The summed E-state index contributed by atoms with van der Waals surface area (Å²) < 4.78 is 13.6. The van der Waals surface area contributed by atoms with Crippen molar-refractivity contribution in [1.29, 1.82) is 0 Å². The molecule has 1 aromatic heterocycles. The van der Waals surface area contributed by atoms with Crippen LogP contribution >= 0.6 is 0 Å². The summed E-state index contributed by atoms with van der Waals surface area (Å²) in [6, 6.07) is 5.76. The first kappa shape index (κ1) is 13.4. The largest absolute Gasteiger partial charge is 0.399 e. The Labute approximate surface area is 112 Å². The van der Waals surface area contributed by atoms with Crippen molar-refractivity contribution in [3.63, 3.8) is 0 Å². The lowest BCUT2D eigenvalue weighted by Gasteiger charge is -2.06. The van der Waals surface area contributed by atoms with Crippen LogP contribution in [0.4, 0.5) is 21.5 Å². The lowest BCUT2D eigenvalue weighted by Crippen LogP contribution is -2.15. The van der Waals surface area contributed by atoms with E-state index in [4.69, 9.17) is 5.73 Å². The van der Waals surface area contributed by atoms with E-state index in [-0.39, 0.29) is 11.4 Å². The SMILES string of the molecule is Nc1ccnc(C(=O)Nc2ccc([N+](=O)[O-])cc2F)c1. The molecule has 102 valence electrons. The van der Waals surface area contributed by atoms with Gasteiger partial charge in [-0.05, 0) is 18.2 Å². The summed E-state index contributed by atoms with van der Waals surface area (Å²) in [5.41, 5.74) is 5.29. The molecule has 7 nitrogen and oxygen atoms in total. The summed E-state index contributed by atoms with van der Waals surface area (Å²) in [4.78, 5) is 25.3. The first-order chi connectivity index (χ1) is 9.47. The van der Waals surface area contributed by atoms with Gasteiger partial charge in [0, 0.05) is 18.0 Å². The number of amides is 1. The molecule has 0 saturated heterocycles. The van der Waals surface area contributed by atoms with Crippen molar-refractivity contribution in [3.05, 3.63) is 58.2 Å². The lowest BCUT2D eigenvalue weighted by molar-refractivity contribution is -0.385. The molecule has 0 saturated carbocycles. The molecule has 0 radical (unpaired) electrons. The smallest absolute Gasteiger partial charge is 0.274 e. The van der Waals surface area contributed by atoms with Crippen LogP contribution in [0.25, 0.3) is 0 Å². The van der Waals surface area contributed by atoms with Gasteiger partial charge < -0.3 is 11.1 Å². The Morgan fingerprint density at radius 2 is 2.10 bits per heavy atom. The van der Waals surface area contributed by atoms with Crippen molar-refractivity contribution in [2.45, 2.75) is 0 Å². The normalized spacial score (nSPS) is 10.1. The number of non-ortho nitro benzene ring substituents is 1. The van der Waals surface area contributed by atoms with Gasteiger partial charge in [0.2, 0.25) is 0 Å². The number of anilines is 2. The third-order valence-electron chi connectivity index (χ3n) is 2.43. The minimum Gasteiger partial charge on any atom is -0.399 e. The second kappa shape index (κ2) is 5.31. The number of carbonyl (C=O) groups is 1. The van der Waals surface area contributed by atoms with E-state index in [1.807, 2.05) is 0 Å². The van der Waals surface area contributed by atoms with Crippen molar-refractivity contribution in [1.82, 2.24) is 4.98 Å². The topological polar surface area (TPSA) is 111 Å². The van der Waals surface area contributed by atoms with E-state index >= 15 is 0 Å². The van der Waals surface area contributed by atoms with Crippen LogP contribution in [0.2, 0.25) is 0 Å². The number of carbonyl (C=O) groups excluding carboxylic acids is 1. The van der Waals surface area contributed by atoms with Gasteiger partial charge in [-0.25, -0.2) is 4.39 Å². The quantitative estimate of drug-likeness (QED) is 0.657.